The number of aliphatic carboxylic acids is 3. The van der Waals surface area contributed by atoms with Gasteiger partial charge in [0.2, 0.25) is 0 Å². The van der Waals surface area contributed by atoms with E-state index in [0.29, 0.717) is 12.2 Å². The van der Waals surface area contributed by atoms with Crippen LogP contribution in [-0.2, 0) is 33.6 Å². The average molecular weight is 748 g/mol. The van der Waals surface area contributed by atoms with Gasteiger partial charge in [0.05, 0.1) is 0 Å². The predicted molar refractivity (Wildman–Crippen MR) is 164 cm³/mol. The predicted octanol–water partition coefficient (Wildman–Crippen LogP) is 5.10. The zero-order valence-electron chi connectivity index (χ0n) is 27.1. The lowest BCUT2D eigenvalue weighted by Crippen LogP contribution is -2.47. The fourth-order valence-electron chi connectivity index (χ4n) is 4.62. The zero-order chi connectivity index (χ0) is 38.8. The van der Waals surface area contributed by atoms with E-state index in [1.54, 1.807) is 0 Å². The van der Waals surface area contributed by atoms with Gasteiger partial charge < -0.3 is 30.4 Å². The number of rotatable bonds is 8. The third-order valence-corrected chi connectivity index (χ3v) is 7.30. The van der Waals surface area contributed by atoms with Crippen molar-refractivity contribution in [2.45, 2.75) is 50.6 Å². The van der Waals surface area contributed by atoms with Crippen LogP contribution >= 0.6 is 0 Å². The highest BCUT2D eigenvalue weighted by Gasteiger charge is 2.39. The Bertz CT molecular complexity index is 1340. The Balaban J connectivity index is 0.000000505. The van der Waals surface area contributed by atoms with Crippen LogP contribution in [0.1, 0.15) is 39.9 Å². The Morgan fingerprint density at radius 1 is 0.627 bits per heavy atom. The molecule has 2 heterocycles. The first kappa shape index (κ1) is 44.8. The van der Waals surface area contributed by atoms with E-state index < -0.39 is 36.4 Å². The standard InChI is InChI=1S/C26H35N3O.3C2HF3O2/c30-26(25-9-8-23-10-13-27-14-11-24(23)21-25)7-4-15-28-17-19-29(20-18-28)16-12-22-5-2-1-3-6-22;3*3-2(4,5)1(6)7/h1-3,5-6,8-9,21,27H,4,7,10-20H2;3*(H,6,7). The van der Waals surface area contributed by atoms with Gasteiger partial charge in [-0.25, -0.2) is 14.4 Å². The van der Waals surface area contributed by atoms with Crippen LogP contribution < -0.4 is 5.32 Å². The Morgan fingerprint density at radius 2 is 1.06 bits per heavy atom. The van der Waals surface area contributed by atoms with E-state index in [0.717, 1.165) is 83.6 Å². The molecule has 0 radical (unpaired) electrons. The first-order valence-electron chi connectivity index (χ1n) is 15.4. The van der Waals surface area contributed by atoms with Gasteiger partial charge in [0.1, 0.15) is 0 Å². The summed E-state index contributed by atoms with van der Waals surface area (Å²) >= 11 is 0. The van der Waals surface area contributed by atoms with E-state index in [4.69, 9.17) is 29.7 Å². The minimum atomic E-state index is -5.08. The number of Topliss-reactive ketones (excluding diaryl/α,β-unsaturated/α-hetero) is 1. The van der Waals surface area contributed by atoms with Crippen LogP contribution in [0.4, 0.5) is 39.5 Å². The Kier molecular flexibility index (Phi) is 18.6. The monoisotopic (exact) mass is 747 g/mol. The molecule has 4 rings (SSSR count). The maximum atomic E-state index is 12.7. The summed E-state index contributed by atoms with van der Waals surface area (Å²) in [5, 5.41) is 24.8. The lowest BCUT2D eigenvalue weighted by Gasteiger charge is -2.34. The molecule has 0 bridgehead atoms. The SMILES string of the molecule is O=C(CCCN1CCN(CCc2ccccc2)CC1)c1ccc2c(c1)CCNCC2.O=C(O)C(F)(F)F.O=C(O)C(F)(F)F.O=C(O)C(F)(F)F. The fourth-order valence-corrected chi connectivity index (χ4v) is 4.62. The highest BCUT2D eigenvalue weighted by Crippen LogP contribution is 2.18. The first-order chi connectivity index (χ1) is 23.6. The summed E-state index contributed by atoms with van der Waals surface area (Å²) in [5.74, 6) is -7.97. The molecule has 0 unspecified atom stereocenters. The van der Waals surface area contributed by atoms with Crippen molar-refractivity contribution in [2.75, 3.05) is 52.4 Å². The van der Waals surface area contributed by atoms with Crippen molar-refractivity contribution in [3.05, 3.63) is 70.8 Å². The number of ketones is 1. The molecule has 2 aliphatic rings. The van der Waals surface area contributed by atoms with E-state index in [1.165, 1.54) is 16.7 Å². The number of carboxylic acid groups (broad SMARTS) is 3. The highest BCUT2D eigenvalue weighted by molar-refractivity contribution is 5.96. The molecule has 1 fully saturated rings. The van der Waals surface area contributed by atoms with Crippen molar-refractivity contribution in [2.24, 2.45) is 0 Å². The van der Waals surface area contributed by atoms with Crippen LogP contribution in [0.15, 0.2) is 48.5 Å². The molecule has 2 aliphatic heterocycles. The van der Waals surface area contributed by atoms with Crippen molar-refractivity contribution in [3.63, 3.8) is 0 Å². The quantitative estimate of drug-likeness (QED) is 0.213. The van der Waals surface area contributed by atoms with Crippen molar-refractivity contribution in [1.82, 2.24) is 15.1 Å². The second kappa shape index (κ2) is 21.2. The number of nitrogens with one attached hydrogen (secondary N) is 1. The summed E-state index contributed by atoms with van der Waals surface area (Å²) in [6, 6.07) is 17.1. The molecule has 2 aromatic carbocycles. The van der Waals surface area contributed by atoms with Crippen molar-refractivity contribution in [1.29, 1.82) is 0 Å². The van der Waals surface area contributed by atoms with Gasteiger partial charge in [0.25, 0.3) is 0 Å². The molecule has 0 atom stereocenters. The topological polar surface area (TPSA) is 147 Å². The van der Waals surface area contributed by atoms with E-state index in [9.17, 15) is 44.3 Å². The summed E-state index contributed by atoms with van der Waals surface area (Å²) in [5.41, 5.74) is 5.09. The van der Waals surface area contributed by atoms with Gasteiger partial charge in [0, 0.05) is 44.7 Å². The van der Waals surface area contributed by atoms with Gasteiger partial charge in [-0.15, -0.1) is 0 Å². The normalized spacial score (nSPS) is 15.2. The molecule has 0 amide bonds. The highest BCUT2D eigenvalue weighted by atomic mass is 19.4. The van der Waals surface area contributed by atoms with Gasteiger partial charge >= 0.3 is 36.4 Å². The van der Waals surface area contributed by atoms with Gasteiger partial charge in [-0.2, -0.15) is 39.5 Å². The first-order valence-corrected chi connectivity index (χ1v) is 15.4. The molecule has 51 heavy (non-hydrogen) atoms. The van der Waals surface area contributed by atoms with Crippen molar-refractivity contribution < 1.29 is 74.0 Å². The number of fused-ring (bicyclic) bond motifs is 1. The summed E-state index contributed by atoms with van der Waals surface area (Å²) in [6.45, 7) is 8.75. The summed E-state index contributed by atoms with van der Waals surface area (Å²) in [7, 11) is 0. The number of alkyl halides is 9. The van der Waals surface area contributed by atoms with Gasteiger partial charge in [-0.3, -0.25) is 4.79 Å². The molecule has 2 aromatic rings. The summed E-state index contributed by atoms with van der Waals surface area (Å²) < 4.78 is 95.2. The molecule has 286 valence electrons. The molecular formula is C32H38F9N3O7. The Morgan fingerprint density at radius 3 is 1.51 bits per heavy atom. The minimum absolute atomic E-state index is 0.302. The van der Waals surface area contributed by atoms with Crippen LogP contribution in [0.3, 0.4) is 0 Å². The number of benzene rings is 2. The van der Waals surface area contributed by atoms with Crippen molar-refractivity contribution in [3.8, 4) is 0 Å². The number of carbonyl (C=O) groups excluding carboxylic acids is 1. The molecule has 0 aromatic heterocycles. The van der Waals surface area contributed by atoms with E-state index >= 15 is 0 Å². The number of carbonyl (C=O) groups is 4. The molecule has 1 saturated heterocycles. The van der Waals surface area contributed by atoms with Crippen LogP contribution in [0.25, 0.3) is 0 Å². The Hall–Kier alpha value is -4.23. The second-order valence-electron chi connectivity index (χ2n) is 11.1. The third kappa shape index (κ3) is 19.1. The minimum Gasteiger partial charge on any atom is -0.475 e. The molecule has 19 heteroatoms. The maximum absolute atomic E-state index is 12.7. The largest absolute Gasteiger partial charge is 0.490 e. The molecule has 10 nitrogen and oxygen atoms in total. The van der Waals surface area contributed by atoms with Gasteiger partial charge in [-0.05, 0) is 68.1 Å². The number of halogens is 9. The zero-order valence-corrected chi connectivity index (χ0v) is 27.1. The van der Waals surface area contributed by atoms with Crippen LogP contribution in [0, 0.1) is 0 Å². The smallest absolute Gasteiger partial charge is 0.475 e. The number of hydrogen-bond acceptors (Lipinski definition) is 7. The van der Waals surface area contributed by atoms with Gasteiger partial charge in [0.15, 0.2) is 5.78 Å². The number of piperazine rings is 1. The third-order valence-electron chi connectivity index (χ3n) is 7.30. The molecule has 0 saturated carbocycles. The Labute approximate surface area is 286 Å². The van der Waals surface area contributed by atoms with Crippen molar-refractivity contribution >= 4 is 23.7 Å². The summed E-state index contributed by atoms with van der Waals surface area (Å²) in [6.07, 6.45) is -10.4. The van der Waals surface area contributed by atoms with Gasteiger partial charge in [-0.1, -0.05) is 42.5 Å². The summed E-state index contributed by atoms with van der Waals surface area (Å²) in [4.78, 5) is 44.5. The van der Waals surface area contributed by atoms with E-state index in [-0.39, 0.29) is 0 Å². The van der Waals surface area contributed by atoms with Crippen LogP contribution in [0.2, 0.25) is 0 Å². The molecular weight excluding hydrogens is 709 g/mol. The van der Waals surface area contributed by atoms with E-state index in [2.05, 4.69) is 57.6 Å². The average Bonchev–Trinajstić information content (AvgIpc) is 3.29. The number of carboxylic acids is 3. The van der Waals surface area contributed by atoms with E-state index in [1.807, 2.05) is 6.07 Å². The number of nitrogens with zero attached hydrogens (tertiary/aromatic N) is 2. The number of hydrogen-bond donors (Lipinski definition) is 4. The molecule has 0 aliphatic carbocycles. The maximum Gasteiger partial charge on any atom is 0.490 e. The van der Waals surface area contributed by atoms with Crippen LogP contribution in [-0.4, -0.2) is 120 Å². The lowest BCUT2D eigenvalue weighted by atomic mass is 9.97. The van der Waals surface area contributed by atoms with Crippen LogP contribution in [0.5, 0.6) is 0 Å². The molecule has 4 N–H and O–H groups in total. The molecule has 0 spiro atoms. The second-order valence-corrected chi connectivity index (χ2v) is 11.1. The lowest BCUT2D eigenvalue weighted by molar-refractivity contribution is -0.193. The fraction of sp³-hybridized carbons (Fsp3) is 0.500.